The summed E-state index contributed by atoms with van der Waals surface area (Å²) in [5.41, 5.74) is 2.84. The molecule has 0 fully saturated rings. The minimum Gasteiger partial charge on any atom is -0.431 e. The lowest BCUT2D eigenvalue weighted by atomic mass is 9.98. The zero-order valence-electron chi connectivity index (χ0n) is 19.0. The van der Waals surface area contributed by atoms with E-state index in [9.17, 15) is 13.2 Å². The van der Waals surface area contributed by atoms with Crippen LogP contribution >= 0.6 is 11.8 Å². The smallest absolute Gasteiger partial charge is 0.257 e. The van der Waals surface area contributed by atoms with Gasteiger partial charge >= 0.3 is 0 Å². The number of nitrogens with one attached hydrogen (secondary N) is 1. The first-order valence-corrected chi connectivity index (χ1v) is 13.0. The minimum absolute atomic E-state index is 0.134. The van der Waals surface area contributed by atoms with Crippen LogP contribution in [-0.2, 0) is 14.8 Å². The third-order valence-electron chi connectivity index (χ3n) is 5.32. The molecule has 7 nitrogen and oxygen atoms in total. The molecule has 1 heterocycles. The van der Waals surface area contributed by atoms with Gasteiger partial charge in [0.1, 0.15) is 5.52 Å². The predicted octanol–water partition coefficient (Wildman–Crippen LogP) is 4.46. The number of aromatic nitrogens is 1. The van der Waals surface area contributed by atoms with Crippen LogP contribution in [0.25, 0.3) is 11.1 Å². The first-order chi connectivity index (χ1) is 16.3. The minimum atomic E-state index is -3.58. The lowest BCUT2D eigenvalue weighted by molar-refractivity contribution is -0.120. The molecule has 1 aromatic heterocycles. The second kappa shape index (κ2) is 10.0. The number of thioether (sulfide) groups is 1. The largest absolute Gasteiger partial charge is 0.431 e. The first-order valence-electron chi connectivity index (χ1n) is 10.7. The van der Waals surface area contributed by atoms with Crippen LogP contribution in [0.1, 0.15) is 24.1 Å². The molecule has 0 saturated heterocycles. The highest BCUT2D eigenvalue weighted by molar-refractivity contribution is 8.00. The highest BCUT2D eigenvalue weighted by atomic mass is 32.2. The average Bonchev–Trinajstić information content (AvgIpc) is 3.24. The second-order valence-electron chi connectivity index (χ2n) is 7.92. The van der Waals surface area contributed by atoms with Gasteiger partial charge in [-0.3, -0.25) is 4.79 Å². The van der Waals surface area contributed by atoms with Crippen LogP contribution < -0.4 is 5.32 Å². The van der Waals surface area contributed by atoms with Crippen molar-refractivity contribution in [2.24, 2.45) is 0 Å². The molecule has 0 aliphatic carbocycles. The Bertz CT molecular complexity index is 1350. The van der Waals surface area contributed by atoms with E-state index in [0.717, 1.165) is 15.4 Å². The number of rotatable bonds is 8. The molecule has 1 unspecified atom stereocenters. The summed E-state index contributed by atoms with van der Waals surface area (Å²) in [5.74, 6) is -0.166. The number of hydrogen-bond donors (Lipinski definition) is 1. The van der Waals surface area contributed by atoms with Crippen LogP contribution in [0.2, 0.25) is 0 Å². The van der Waals surface area contributed by atoms with Gasteiger partial charge in [0.2, 0.25) is 15.9 Å². The Morgan fingerprint density at radius 3 is 2.12 bits per heavy atom. The van der Waals surface area contributed by atoms with E-state index in [1.54, 1.807) is 13.0 Å². The summed E-state index contributed by atoms with van der Waals surface area (Å²) in [6.07, 6.45) is 0. The summed E-state index contributed by atoms with van der Waals surface area (Å²) in [5, 5.41) is 2.94. The van der Waals surface area contributed by atoms with E-state index in [4.69, 9.17) is 4.42 Å². The van der Waals surface area contributed by atoms with Gasteiger partial charge in [-0.15, -0.1) is 0 Å². The summed E-state index contributed by atoms with van der Waals surface area (Å²) >= 11 is 1.18. The molecule has 1 atom stereocenters. The lowest BCUT2D eigenvalue weighted by Gasteiger charge is -2.21. The van der Waals surface area contributed by atoms with E-state index in [1.165, 1.54) is 38.0 Å². The molecule has 0 radical (unpaired) electrons. The standard InChI is InChI=1S/C25H25N3O4S2/c1-17(24(29)27-23(18-10-6-4-7-11-18)19-12-8-5-9-13-19)33-25-26-21-16-20(14-15-22(21)32-25)34(30,31)28(2)3/h4-17,23H,1-3H3,(H,27,29). The molecule has 3 aromatic carbocycles. The molecule has 4 rings (SSSR count). The Kier molecular flexibility index (Phi) is 7.06. The van der Waals surface area contributed by atoms with Crippen molar-refractivity contribution in [2.45, 2.75) is 28.3 Å². The molecule has 0 aliphatic rings. The quantitative estimate of drug-likeness (QED) is 0.363. The Hall–Kier alpha value is -3.14. The normalized spacial score (nSPS) is 12.9. The molecular weight excluding hydrogens is 470 g/mol. The van der Waals surface area contributed by atoms with Crippen molar-refractivity contribution in [3.05, 3.63) is 90.0 Å². The van der Waals surface area contributed by atoms with Gasteiger partial charge in [0.15, 0.2) is 5.58 Å². The molecule has 0 aliphatic heterocycles. The average molecular weight is 496 g/mol. The molecule has 34 heavy (non-hydrogen) atoms. The zero-order valence-corrected chi connectivity index (χ0v) is 20.6. The molecule has 0 saturated carbocycles. The van der Waals surface area contributed by atoms with Gasteiger partial charge in [0.05, 0.1) is 16.2 Å². The maximum Gasteiger partial charge on any atom is 0.257 e. The van der Waals surface area contributed by atoms with Gasteiger partial charge in [0, 0.05) is 14.1 Å². The van der Waals surface area contributed by atoms with Crippen LogP contribution in [0.5, 0.6) is 0 Å². The third-order valence-corrected chi connectivity index (χ3v) is 8.07. The van der Waals surface area contributed by atoms with E-state index < -0.39 is 15.3 Å². The van der Waals surface area contributed by atoms with Crippen LogP contribution in [0.4, 0.5) is 0 Å². The highest BCUT2D eigenvalue weighted by Gasteiger charge is 2.24. The van der Waals surface area contributed by atoms with Crippen molar-refractivity contribution < 1.29 is 17.6 Å². The van der Waals surface area contributed by atoms with Gasteiger partial charge in [-0.2, -0.15) is 0 Å². The third kappa shape index (κ3) is 5.16. The molecule has 4 aromatic rings. The van der Waals surface area contributed by atoms with Crippen molar-refractivity contribution in [1.29, 1.82) is 0 Å². The number of carbonyl (C=O) groups is 1. The fraction of sp³-hybridized carbons (Fsp3) is 0.200. The number of nitrogens with zero attached hydrogens (tertiary/aromatic N) is 2. The van der Waals surface area contributed by atoms with Crippen molar-refractivity contribution in [3.63, 3.8) is 0 Å². The molecular formula is C25H25N3O4S2. The number of hydrogen-bond acceptors (Lipinski definition) is 6. The van der Waals surface area contributed by atoms with Crippen LogP contribution in [0, 0.1) is 0 Å². The fourth-order valence-corrected chi connectivity index (χ4v) is 5.11. The van der Waals surface area contributed by atoms with Crippen LogP contribution in [-0.4, -0.2) is 43.0 Å². The van der Waals surface area contributed by atoms with Gasteiger partial charge in [-0.05, 0) is 36.2 Å². The molecule has 1 amide bonds. The van der Waals surface area contributed by atoms with Gasteiger partial charge in [0.25, 0.3) is 5.22 Å². The summed E-state index contributed by atoms with van der Waals surface area (Å²) < 4.78 is 31.7. The maximum atomic E-state index is 13.1. The predicted molar refractivity (Wildman–Crippen MR) is 133 cm³/mol. The van der Waals surface area contributed by atoms with Crippen molar-refractivity contribution in [2.75, 3.05) is 14.1 Å². The highest BCUT2D eigenvalue weighted by Crippen LogP contribution is 2.30. The topological polar surface area (TPSA) is 92.5 Å². The SMILES string of the molecule is CC(Sc1nc2cc(S(=O)(=O)N(C)C)ccc2o1)C(=O)NC(c1ccccc1)c1ccccc1. The number of fused-ring (bicyclic) bond motifs is 1. The van der Waals surface area contributed by atoms with Crippen LogP contribution in [0.15, 0.2) is 93.4 Å². The first kappa shape index (κ1) is 24.0. The van der Waals surface area contributed by atoms with Crippen molar-refractivity contribution >= 4 is 38.8 Å². The Balaban J connectivity index is 1.52. The number of sulfonamides is 1. The van der Waals surface area contributed by atoms with E-state index in [2.05, 4.69) is 10.3 Å². The number of amides is 1. The second-order valence-corrected chi connectivity index (χ2v) is 11.4. The van der Waals surface area contributed by atoms with Crippen molar-refractivity contribution in [3.8, 4) is 0 Å². The van der Waals surface area contributed by atoms with Crippen molar-refractivity contribution in [1.82, 2.24) is 14.6 Å². The van der Waals surface area contributed by atoms with Gasteiger partial charge < -0.3 is 9.73 Å². The zero-order chi connectivity index (χ0) is 24.3. The molecule has 176 valence electrons. The van der Waals surface area contributed by atoms with E-state index in [1.807, 2.05) is 60.7 Å². The van der Waals surface area contributed by atoms with Crippen LogP contribution in [0.3, 0.4) is 0 Å². The number of carbonyl (C=O) groups excluding carboxylic acids is 1. The van der Waals surface area contributed by atoms with E-state index >= 15 is 0 Å². The molecule has 9 heteroatoms. The van der Waals surface area contributed by atoms with E-state index in [0.29, 0.717) is 16.3 Å². The molecule has 1 N–H and O–H groups in total. The fourth-order valence-electron chi connectivity index (χ4n) is 3.42. The van der Waals surface area contributed by atoms with Gasteiger partial charge in [-0.25, -0.2) is 17.7 Å². The molecule has 0 bridgehead atoms. The Labute approximate surface area is 203 Å². The summed E-state index contributed by atoms with van der Waals surface area (Å²) in [7, 11) is -0.633. The summed E-state index contributed by atoms with van der Waals surface area (Å²) in [4.78, 5) is 17.6. The maximum absolute atomic E-state index is 13.1. The Morgan fingerprint density at radius 2 is 1.56 bits per heavy atom. The van der Waals surface area contributed by atoms with E-state index in [-0.39, 0.29) is 16.8 Å². The van der Waals surface area contributed by atoms with Gasteiger partial charge in [-0.1, -0.05) is 72.4 Å². The number of oxazole rings is 1. The molecule has 0 spiro atoms. The summed E-state index contributed by atoms with van der Waals surface area (Å²) in [6, 6.07) is 23.8. The Morgan fingerprint density at radius 1 is 0.971 bits per heavy atom. The summed E-state index contributed by atoms with van der Waals surface area (Å²) in [6.45, 7) is 1.78. The lowest BCUT2D eigenvalue weighted by Crippen LogP contribution is -2.34. The monoisotopic (exact) mass is 495 g/mol. The number of benzene rings is 3.